The van der Waals surface area contributed by atoms with Crippen LogP contribution in [0, 0.1) is 5.41 Å². The van der Waals surface area contributed by atoms with Crippen LogP contribution in [-0.4, -0.2) is 28.5 Å². The number of hydrogen-bond acceptors (Lipinski definition) is 4. The predicted molar refractivity (Wildman–Crippen MR) is 71.6 cm³/mol. The summed E-state index contributed by atoms with van der Waals surface area (Å²) >= 11 is 0. The number of carboxylic acid groups (broad SMARTS) is 1. The van der Waals surface area contributed by atoms with E-state index in [1.165, 1.54) is 6.20 Å². The number of amides is 1. The highest BCUT2D eigenvalue weighted by Gasteiger charge is 2.35. The number of carbonyl (C=O) groups excluding carboxylic acids is 1. The first-order valence-corrected chi connectivity index (χ1v) is 6.19. The van der Waals surface area contributed by atoms with E-state index in [-0.39, 0.29) is 17.9 Å². The van der Waals surface area contributed by atoms with Gasteiger partial charge in [-0.25, -0.2) is 4.98 Å². The van der Waals surface area contributed by atoms with Crippen LogP contribution in [0.4, 0.5) is 5.69 Å². The minimum absolute atomic E-state index is 0.0597. The summed E-state index contributed by atoms with van der Waals surface area (Å²) in [4.78, 5) is 27.1. The van der Waals surface area contributed by atoms with Gasteiger partial charge in [0.25, 0.3) is 5.91 Å². The lowest BCUT2D eigenvalue weighted by molar-refractivity contribution is -0.149. The SMILES string of the molecule is CCC(CC)(CNC(=O)c1ncccc1N)C(=O)O. The fourth-order valence-electron chi connectivity index (χ4n) is 1.82. The van der Waals surface area contributed by atoms with Gasteiger partial charge in [-0.05, 0) is 25.0 Å². The second-order valence-electron chi connectivity index (χ2n) is 4.42. The van der Waals surface area contributed by atoms with E-state index in [9.17, 15) is 14.7 Å². The summed E-state index contributed by atoms with van der Waals surface area (Å²) in [7, 11) is 0. The normalized spacial score (nSPS) is 11.1. The molecule has 19 heavy (non-hydrogen) atoms. The maximum atomic E-state index is 11.9. The van der Waals surface area contributed by atoms with Gasteiger partial charge in [0.05, 0.1) is 11.1 Å². The smallest absolute Gasteiger partial charge is 0.311 e. The lowest BCUT2D eigenvalue weighted by Gasteiger charge is -2.26. The molecule has 0 aliphatic rings. The van der Waals surface area contributed by atoms with E-state index in [0.29, 0.717) is 12.8 Å². The molecule has 0 unspecified atom stereocenters. The Labute approximate surface area is 112 Å². The topological polar surface area (TPSA) is 105 Å². The number of nitrogens with one attached hydrogen (secondary N) is 1. The number of pyridine rings is 1. The molecule has 1 amide bonds. The van der Waals surface area contributed by atoms with Crippen LogP contribution in [0.3, 0.4) is 0 Å². The number of nitrogen functional groups attached to an aromatic ring is 1. The highest BCUT2D eigenvalue weighted by molar-refractivity contribution is 5.97. The maximum Gasteiger partial charge on any atom is 0.311 e. The molecule has 0 fully saturated rings. The largest absolute Gasteiger partial charge is 0.481 e. The Balaban J connectivity index is 2.79. The minimum Gasteiger partial charge on any atom is -0.481 e. The van der Waals surface area contributed by atoms with E-state index in [4.69, 9.17) is 5.73 Å². The summed E-state index contributed by atoms with van der Waals surface area (Å²) in [5.74, 6) is -1.36. The van der Waals surface area contributed by atoms with Crippen LogP contribution in [0.5, 0.6) is 0 Å². The summed E-state index contributed by atoms with van der Waals surface area (Å²) in [5.41, 5.74) is 5.09. The van der Waals surface area contributed by atoms with E-state index >= 15 is 0 Å². The average molecular weight is 265 g/mol. The van der Waals surface area contributed by atoms with Crippen molar-refractivity contribution in [3.8, 4) is 0 Å². The molecule has 0 aliphatic carbocycles. The summed E-state index contributed by atoms with van der Waals surface area (Å²) < 4.78 is 0. The van der Waals surface area contributed by atoms with Gasteiger partial charge in [-0.15, -0.1) is 0 Å². The molecule has 4 N–H and O–H groups in total. The van der Waals surface area contributed by atoms with Crippen molar-refractivity contribution in [1.82, 2.24) is 10.3 Å². The average Bonchev–Trinajstić information content (AvgIpc) is 2.40. The molecule has 6 heteroatoms. The van der Waals surface area contributed by atoms with Gasteiger partial charge in [-0.3, -0.25) is 9.59 Å². The molecule has 1 aromatic heterocycles. The zero-order valence-electron chi connectivity index (χ0n) is 11.1. The lowest BCUT2D eigenvalue weighted by atomic mass is 9.82. The van der Waals surface area contributed by atoms with E-state index in [1.54, 1.807) is 26.0 Å². The molecule has 0 saturated carbocycles. The van der Waals surface area contributed by atoms with Crippen molar-refractivity contribution in [1.29, 1.82) is 0 Å². The highest BCUT2D eigenvalue weighted by atomic mass is 16.4. The Hall–Kier alpha value is -2.11. The molecule has 1 rings (SSSR count). The molecule has 0 saturated heterocycles. The highest BCUT2D eigenvalue weighted by Crippen LogP contribution is 2.25. The summed E-state index contributed by atoms with van der Waals surface area (Å²) in [6, 6.07) is 3.21. The quantitative estimate of drug-likeness (QED) is 0.718. The third kappa shape index (κ3) is 3.21. The van der Waals surface area contributed by atoms with Crippen LogP contribution >= 0.6 is 0 Å². The fourth-order valence-corrected chi connectivity index (χ4v) is 1.82. The third-order valence-corrected chi connectivity index (χ3v) is 3.45. The number of nitrogens with zero attached hydrogens (tertiary/aromatic N) is 1. The predicted octanol–water partition coefficient (Wildman–Crippen LogP) is 1.28. The summed E-state index contributed by atoms with van der Waals surface area (Å²) in [5, 5.41) is 11.9. The minimum atomic E-state index is -0.945. The van der Waals surface area contributed by atoms with Gasteiger partial charge in [0, 0.05) is 12.7 Å². The number of anilines is 1. The van der Waals surface area contributed by atoms with Crippen LogP contribution in [0.15, 0.2) is 18.3 Å². The molecule has 0 bridgehead atoms. The van der Waals surface area contributed by atoms with E-state index < -0.39 is 17.3 Å². The molecule has 1 heterocycles. The van der Waals surface area contributed by atoms with Gasteiger partial charge in [0.2, 0.25) is 0 Å². The first kappa shape index (κ1) is 14.9. The zero-order chi connectivity index (χ0) is 14.5. The van der Waals surface area contributed by atoms with Crippen molar-refractivity contribution in [2.24, 2.45) is 5.41 Å². The molecule has 104 valence electrons. The summed E-state index contributed by atoms with van der Waals surface area (Å²) in [6.45, 7) is 3.64. The van der Waals surface area contributed by atoms with Crippen molar-refractivity contribution in [3.63, 3.8) is 0 Å². The standard InChI is InChI=1S/C13H19N3O3/c1-3-13(4-2,12(18)19)8-16-11(17)10-9(14)6-5-7-15-10/h5-7H,3-4,8,14H2,1-2H3,(H,16,17)(H,18,19). The van der Waals surface area contributed by atoms with Crippen molar-refractivity contribution in [3.05, 3.63) is 24.0 Å². The van der Waals surface area contributed by atoms with Crippen LogP contribution in [0.25, 0.3) is 0 Å². The van der Waals surface area contributed by atoms with E-state index in [2.05, 4.69) is 10.3 Å². The van der Waals surface area contributed by atoms with Crippen molar-refractivity contribution < 1.29 is 14.7 Å². The molecular formula is C13H19N3O3. The van der Waals surface area contributed by atoms with Gasteiger partial charge in [-0.2, -0.15) is 0 Å². The Morgan fingerprint density at radius 1 is 1.42 bits per heavy atom. The Kier molecular flexibility index (Phi) is 4.86. The molecule has 1 aromatic rings. The molecule has 0 atom stereocenters. The fraction of sp³-hybridized carbons (Fsp3) is 0.462. The second-order valence-corrected chi connectivity index (χ2v) is 4.42. The zero-order valence-corrected chi connectivity index (χ0v) is 11.1. The first-order valence-electron chi connectivity index (χ1n) is 6.19. The molecule has 0 aliphatic heterocycles. The van der Waals surface area contributed by atoms with Gasteiger partial charge < -0.3 is 16.2 Å². The molecular weight excluding hydrogens is 246 g/mol. The number of carboxylic acids is 1. The van der Waals surface area contributed by atoms with Gasteiger partial charge >= 0.3 is 5.97 Å². The number of carbonyl (C=O) groups is 2. The maximum absolute atomic E-state index is 11.9. The Morgan fingerprint density at radius 2 is 2.05 bits per heavy atom. The Morgan fingerprint density at radius 3 is 2.53 bits per heavy atom. The first-order chi connectivity index (χ1) is 8.96. The monoisotopic (exact) mass is 265 g/mol. The van der Waals surface area contributed by atoms with Crippen molar-refractivity contribution in [2.45, 2.75) is 26.7 Å². The van der Waals surface area contributed by atoms with Crippen molar-refractivity contribution >= 4 is 17.6 Å². The van der Waals surface area contributed by atoms with Crippen LogP contribution in [0.2, 0.25) is 0 Å². The summed E-state index contributed by atoms with van der Waals surface area (Å²) in [6.07, 6.45) is 2.35. The number of aliphatic carboxylic acids is 1. The molecule has 0 spiro atoms. The van der Waals surface area contributed by atoms with E-state index in [0.717, 1.165) is 0 Å². The van der Waals surface area contributed by atoms with Crippen LogP contribution < -0.4 is 11.1 Å². The third-order valence-electron chi connectivity index (χ3n) is 3.45. The van der Waals surface area contributed by atoms with Crippen LogP contribution in [0.1, 0.15) is 37.2 Å². The van der Waals surface area contributed by atoms with Crippen molar-refractivity contribution in [2.75, 3.05) is 12.3 Å². The molecule has 6 nitrogen and oxygen atoms in total. The van der Waals surface area contributed by atoms with E-state index in [1.807, 2.05) is 0 Å². The van der Waals surface area contributed by atoms with Crippen LogP contribution in [-0.2, 0) is 4.79 Å². The number of nitrogens with two attached hydrogens (primary N) is 1. The number of hydrogen-bond donors (Lipinski definition) is 3. The number of rotatable bonds is 6. The van der Waals surface area contributed by atoms with Gasteiger partial charge in [-0.1, -0.05) is 13.8 Å². The van der Waals surface area contributed by atoms with Gasteiger partial charge in [0.15, 0.2) is 5.69 Å². The molecule has 0 radical (unpaired) electrons. The Bertz CT molecular complexity index is 470. The second kappa shape index (κ2) is 6.17. The lowest BCUT2D eigenvalue weighted by Crippen LogP contribution is -2.42. The number of aromatic nitrogens is 1. The van der Waals surface area contributed by atoms with Gasteiger partial charge in [0.1, 0.15) is 0 Å². The molecule has 0 aromatic carbocycles.